The van der Waals surface area contributed by atoms with Gasteiger partial charge in [0.15, 0.2) is 0 Å². The summed E-state index contributed by atoms with van der Waals surface area (Å²) in [6.07, 6.45) is 0.528. The number of likely N-dealkylation sites (tertiary alicyclic amines) is 1. The lowest BCUT2D eigenvalue weighted by molar-refractivity contribution is -0.141. The number of piperidine rings is 1. The number of benzene rings is 1. The van der Waals surface area contributed by atoms with E-state index in [-0.39, 0.29) is 37.4 Å². The van der Waals surface area contributed by atoms with Gasteiger partial charge in [-0.05, 0) is 19.4 Å². The largest absolute Gasteiger partial charge is 0.374 e. The van der Waals surface area contributed by atoms with Crippen LogP contribution in [0.3, 0.4) is 0 Å². The van der Waals surface area contributed by atoms with E-state index in [1.54, 1.807) is 25.8 Å². The highest BCUT2D eigenvalue weighted by atomic mass is 35.5. The van der Waals surface area contributed by atoms with Gasteiger partial charge < -0.3 is 20.7 Å². The molecule has 0 bridgehead atoms. The van der Waals surface area contributed by atoms with E-state index in [4.69, 9.17) is 10.5 Å². The van der Waals surface area contributed by atoms with Crippen molar-refractivity contribution < 1.29 is 19.1 Å². The summed E-state index contributed by atoms with van der Waals surface area (Å²) >= 11 is 0. The molecule has 2 unspecified atom stereocenters. The van der Waals surface area contributed by atoms with E-state index in [1.807, 2.05) is 30.3 Å². The summed E-state index contributed by atoms with van der Waals surface area (Å²) in [5.41, 5.74) is 6.52. The minimum Gasteiger partial charge on any atom is -0.374 e. The Morgan fingerprint density at radius 3 is 2.65 bits per heavy atom. The smallest absolute Gasteiger partial charge is 0.253 e. The molecule has 0 radical (unpaired) electrons. The highest BCUT2D eigenvalue weighted by molar-refractivity contribution is 6.09. The Hall–Kier alpha value is -2.49. The van der Waals surface area contributed by atoms with E-state index < -0.39 is 23.4 Å². The first-order valence-electron chi connectivity index (χ1n) is 10.0. The summed E-state index contributed by atoms with van der Waals surface area (Å²) < 4.78 is 5.73. The maximum atomic E-state index is 13.2. The minimum atomic E-state index is -1.14. The van der Waals surface area contributed by atoms with E-state index in [0.29, 0.717) is 19.6 Å². The number of carbonyl (C=O) groups is 3. The van der Waals surface area contributed by atoms with Gasteiger partial charge in [0.2, 0.25) is 11.8 Å². The van der Waals surface area contributed by atoms with Gasteiger partial charge in [-0.1, -0.05) is 30.3 Å². The summed E-state index contributed by atoms with van der Waals surface area (Å²) in [5, 5.41) is 8.29. The highest BCUT2D eigenvalue weighted by Gasteiger charge is 2.41. The van der Waals surface area contributed by atoms with E-state index >= 15 is 0 Å². The Morgan fingerprint density at radius 2 is 2.00 bits per heavy atom. The molecule has 1 saturated heterocycles. The third kappa shape index (κ3) is 6.03. The van der Waals surface area contributed by atoms with Crippen molar-refractivity contribution in [2.75, 3.05) is 26.7 Å². The van der Waals surface area contributed by atoms with Crippen LogP contribution in [0.5, 0.6) is 0 Å². The summed E-state index contributed by atoms with van der Waals surface area (Å²) in [6, 6.07) is 8.68. The van der Waals surface area contributed by atoms with Crippen LogP contribution in [0.25, 0.3) is 0 Å². The van der Waals surface area contributed by atoms with Gasteiger partial charge >= 0.3 is 0 Å². The van der Waals surface area contributed by atoms with Crippen LogP contribution in [-0.4, -0.2) is 71.7 Å². The molecule has 1 aromatic rings. The van der Waals surface area contributed by atoms with Crippen LogP contribution in [0, 0.1) is 5.92 Å². The molecule has 9 nitrogen and oxygen atoms in total. The molecule has 0 aromatic heterocycles. The van der Waals surface area contributed by atoms with E-state index in [2.05, 4.69) is 10.4 Å². The first-order chi connectivity index (χ1) is 14.2. The van der Waals surface area contributed by atoms with Crippen molar-refractivity contribution in [1.82, 2.24) is 15.2 Å². The Morgan fingerprint density at radius 1 is 1.32 bits per heavy atom. The first-order valence-corrected chi connectivity index (χ1v) is 10.0. The molecule has 1 aromatic carbocycles. The molecule has 0 saturated carbocycles. The molecular formula is C21H30ClN5O4. The number of nitrogens with zero attached hydrogens (tertiary/aromatic N) is 3. The zero-order valence-corrected chi connectivity index (χ0v) is 18.9. The van der Waals surface area contributed by atoms with E-state index in [1.165, 1.54) is 5.01 Å². The maximum Gasteiger partial charge on any atom is 0.253 e. The van der Waals surface area contributed by atoms with Gasteiger partial charge in [-0.25, -0.2) is 5.01 Å². The molecular weight excluding hydrogens is 422 g/mol. The average Bonchev–Trinajstić information content (AvgIpc) is 3.00. The predicted molar refractivity (Wildman–Crippen MR) is 118 cm³/mol. The normalized spacial score (nSPS) is 19.3. The number of rotatable bonds is 7. The molecule has 2 aliphatic rings. The zero-order valence-electron chi connectivity index (χ0n) is 18.0. The molecule has 3 N–H and O–H groups in total. The molecule has 170 valence electrons. The number of carbonyl (C=O) groups excluding carboxylic acids is 3. The van der Waals surface area contributed by atoms with Gasteiger partial charge in [0.05, 0.1) is 30.4 Å². The van der Waals surface area contributed by atoms with Crippen molar-refractivity contribution in [3.63, 3.8) is 0 Å². The number of nitrogens with two attached hydrogens (primary N) is 1. The highest BCUT2D eigenvalue weighted by Crippen LogP contribution is 2.23. The fourth-order valence-corrected chi connectivity index (χ4v) is 3.46. The van der Waals surface area contributed by atoms with Crippen molar-refractivity contribution >= 4 is 35.8 Å². The fraction of sp³-hybridized carbons (Fsp3) is 0.524. The molecule has 3 rings (SSSR count). The minimum absolute atomic E-state index is 0. The molecule has 2 heterocycles. The molecule has 31 heavy (non-hydrogen) atoms. The number of amides is 3. The van der Waals surface area contributed by atoms with Crippen LogP contribution in [0.1, 0.15) is 25.8 Å². The van der Waals surface area contributed by atoms with Crippen molar-refractivity contribution in [2.24, 2.45) is 16.8 Å². The van der Waals surface area contributed by atoms with Gasteiger partial charge in [0.25, 0.3) is 5.91 Å². The first kappa shape index (κ1) is 24.8. The molecule has 0 aliphatic carbocycles. The van der Waals surface area contributed by atoms with Crippen molar-refractivity contribution in [2.45, 2.75) is 38.5 Å². The standard InChI is InChI=1S/C21H29N5O4.ClH/c1-21(2,22)20(29)23-17(13-30-12-14-7-5-4-6-8-14)19(28)26-10-9-16-15(11-26)18(27)25(3)24-16;/h4-8,15,17H,9-13,22H2,1-3H3,(H,23,29);1H. The average molecular weight is 452 g/mol. The third-order valence-electron chi connectivity index (χ3n) is 5.23. The van der Waals surface area contributed by atoms with Gasteiger partial charge in [-0.2, -0.15) is 5.10 Å². The second-order valence-electron chi connectivity index (χ2n) is 8.29. The molecule has 0 spiro atoms. The van der Waals surface area contributed by atoms with Crippen LogP contribution in [0.2, 0.25) is 0 Å². The second-order valence-corrected chi connectivity index (χ2v) is 8.29. The Labute approximate surface area is 188 Å². The van der Waals surface area contributed by atoms with E-state index in [0.717, 1.165) is 11.3 Å². The van der Waals surface area contributed by atoms with Crippen LogP contribution in [0.4, 0.5) is 0 Å². The molecule has 2 aliphatic heterocycles. The number of hydrogen-bond acceptors (Lipinski definition) is 6. The lowest BCUT2D eigenvalue weighted by Gasteiger charge is -2.33. The van der Waals surface area contributed by atoms with Crippen molar-refractivity contribution in [3.8, 4) is 0 Å². The topological polar surface area (TPSA) is 117 Å². The molecule has 3 amide bonds. The lowest BCUT2D eigenvalue weighted by atomic mass is 9.95. The predicted octanol–water partition coefficient (Wildman–Crippen LogP) is 0.524. The van der Waals surface area contributed by atoms with Crippen molar-refractivity contribution in [3.05, 3.63) is 35.9 Å². The Balaban J connectivity index is 0.00000341. The quantitative estimate of drug-likeness (QED) is 0.626. The number of nitrogens with one attached hydrogen (secondary N) is 1. The summed E-state index contributed by atoms with van der Waals surface area (Å²) in [6.45, 7) is 4.15. The van der Waals surface area contributed by atoms with E-state index in [9.17, 15) is 14.4 Å². The molecule has 2 atom stereocenters. The number of halogens is 1. The second kappa shape index (κ2) is 10.2. The van der Waals surface area contributed by atoms with Crippen molar-refractivity contribution in [1.29, 1.82) is 0 Å². The maximum absolute atomic E-state index is 13.2. The van der Waals surface area contributed by atoms with Gasteiger partial charge in [-0.3, -0.25) is 14.4 Å². The monoisotopic (exact) mass is 451 g/mol. The number of fused-ring (bicyclic) bond motifs is 1. The van der Waals surface area contributed by atoms with Crippen LogP contribution >= 0.6 is 12.4 Å². The zero-order chi connectivity index (χ0) is 21.9. The SMILES string of the molecule is CN1N=C2CCN(C(=O)C(COCc3ccccc3)NC(=O)C(C)(C)N)CC2C1=O.Cl. The molecule has 10 heteroatoms. The Bertz CT molecular complexity index is 840. The van der Waals surface area contributed by atoms with Gasteiger partial charge in [0, 0.05) is 26.6 Å². The summed E-state index contributed by atoms with van der Waals surface area (Å²) in [5.74, 6) is -1.27. The molecule has 1 fully saturated rings. The number of hydrazone groups is 1. The number of hydrogen-bond donors (Lipinski definition) is 2. The van der Waals surface area contributed by atoms with Crippen LogP contribution in [0.15, 0.2) is 35.4 Å². The fourth-order valence-electron chi connectivity index (χ4n) is 3.46. The third-order valence-corrected chi connectivity index (χ3v) is 5.23. The lowest BCUT2D eigenvalue weighted by Crippen LogP contribution is -2.59. The van der Waals surface area contributed by atoms with Crippen LogP contribution in [-0.2, 0) is 25.7 Å². The summed E-state index contributed by atoms with van der Waals surface area (Å²) in [7, 11) is 1.61. The number of ether oxygens (including phenoxy) is 1. The summed E-state index contributed by atoms with van der Waals surface area (Å²) in [4.78, 5) is 39.5. The van der Waals surface area contributed by atoms with Gasteiger partial charge in [-0.15, -0.1) is 12.4 Å². The van der Waals surface area contributed by atoms with Gasteiger partial charge in [0.1, 0.15) is 6.04 Å². The Kier molecular flexibility index (Phi) is 8.16. The van der Waals surface area contributed by atoms with Crippen LogP contribution < -0.4 is 11.1 Å².